The zero-order valence-electron chi connectivity index (χ0n) is 18.1. The Morgan fingerprint density at radius 3 is 1.65 bits per heavy atom. The summed E-state index contributed by atoms with van der Waals surface area (Å²) in [6.45, 7) is 0. The number of benzene rings is 3. The van der Waals surface area contributed by atoms with E-state index in [1.54, 1.807) is 30.3 Å². The first-order valence-corrected chi connectivity index (χ1v) is 10.4. The summed E-state index contributed by atoms with van der Waals surface area (Å²) in [5.41, 5.74) is -9.55. The molecule has 2 heterocycles. The zero-order valence-corrected chi connectivity index (χ0v) is 18.1. The molecule has 0 aliphatic carbocycles. The van der Waals surface area contributed by atoms with Crippen LogP contribution in [0.2, 0.25) is 0 Å². The molecule has 2 aromatic heterocycles. The Bertz CT molecular complexity index is 1630. The van der Waals surface area contributed by atoms with Gasteiger partial charge < -0.3 is 4.42 Å². The summed E-state index contributed by atoms with van der Waals surface area (Å²) < 4.78 is 129. The Kier molecular flexibility index (Phi) is 5.46. The summed E-state index contributed by atoms with van der Waals surface area (Å²) >= 11 is 0. The smallest absolute Gasteiger partial charge is 0.417 e. The molecule has 0 fully saturated rings. The monoisotopic (exact) mass is 526 g/mol. The fourth-order valence-corrected chi connectivity index (χ4v) is 4.26. The van der Waals surface area contributed by atoms with Crippen LogP contribution in [0.4, 0.5) is 39.5 Å². The molecular formula is C25H11F9N2O. The van der Waals surface area contributed by atoms with E-state index in [0.29, 0.717) is 16.8 Å². The van der Waals surface area contributed by atoms with Gasteiger partial charge in [0, 0.05) is 16.3 Å². The van der Waals surface area contributed by atoms with E-state index in [4.69, 9.17) is 4.42 Å². The molecule has 37 heavy (non-hydrogen) atoms. The van der Waals surface area contributed by atoms with Gasteiger partial charge in [0.15, 0.2) is 5.76 Å². The second-order valence-corrected chi connectivity index (χ2v) is 8.02. The SMILES string of the molecule is FC(F)(F)c1ccc(-c2nnc(-c3ccco3)c3cc4ccccc4cc23)c(C(F)(F)F)c1C(F)(F)F. The van der Waals surface area contributed by atoms with Gasteiger partial charge in [0.1, 0.15) is 11.4 Å². The summed E-state index contributed by atoms with van der Waals surface area (Å²) in [7, 11) is 0. The number of aromatic nitrogens is 2. The lowest BCUT2D eigenvalue weighted by molar-refractivity contribution is -0.174. The lowest BCUT2D eigenvalue weighted by Crippen LogP contribution is -2.24. The molecule has 0 bridgehead atoms. The first-order chi connectivity index (χ1) is 17.3. The van der Waals surface area contributed by atoms with E-state index in [1.165, 1.54) is 24.5 Å². The van der Waals surface area contributed by atoms with Crippen molar-refractivity contribution in [2.75, 3.05) is 0 Å². The number of halogens is 9. The normalized spacial score (nSPS) is 13.0. The molecule has 5 aromatic rings. The first-order valence-electron chi connectivity index (χ1n) is 10.4. The number of fused-ring (bicyclic) bond motifs is 2. The molecule has 0 amide bonds. The van der Waals surface area contributed by atoms with Crippen LogP contribution < -0.4 is 0 Å². The standard InChI is InChI=1S/C25H11F9N2O/c26-23(27,28)17-8-7-14(19(24(29,30)31)20(17)25(32,33)34)21-15-10-12-4-1-2-5-13(12)11-16(15)22(36-35-21)18-6-3-9-37-18/h1-11H. The van der Waals surface area contributed by atoms with Crippen LogP contribution in [0.25, 0.3) is 44.3 Å². The van der Waals surface area contributed by atoms with Crippen LogP contribution in [0.1, 0.15) is 16.7 Å². The van der Waals surface area contributed by atoms with Crippen molar-refractivity contribution in [1.82, 2.24) is 10.2 Å². The number of alkyl halides is 9. The number of furan rings is 1. The van der Waals surface area contributed by atoms with Crippen LogP contribution >= 0.6 is 0 Å². The second kappa shape index (κ2) is 8.22. The third-order valence-corrected chi connectivity index (χ3v) is 5.73. The summed E-state index contributed by atoms with van der Waals surface area (Å²) in [6, 6.07) is 12.9. The van der Waals surface area contributed by atoms with E-state index in [0.717, 1.165) is 0 Å². The zero-order chi connectivity index (χ0) is 26.8. The Morgan fingerprint density at radius 1 is 0.568 bits per heavy atom. The molecule has 0 spiro atoms. The van der Waals surface area contributed by atoms with Crippen molar-refractivity contribution < 1.29 is 43.9 Å². The molecule has 0 N–H and O–H groups in total. The van der Waals surface area contributed by atoms with Gasteiger partial charge in [-0.2, -0.15) is 39.5 Å². The summed E-state index contributed by atoms with van der Waals surface area (Å²) in [5.74, 6) is 0.179. The van der Waals surface area contributed by atoms with E-state index in [1.807, 2.05) is 0 Å². The molecule has 3 aromatic carbocycles. The highest BCUT2D eigenvalue weighted by molar-refractivity contribution is 6.08. The van der Waals surface area contributed by atoms with E-state index >= 15 is 0 Å². The molecule has 190 valence electrons. The highest BCUT2D eigenvalue weighted by Crippen LogP contribution is 2.50. The van der Waals surface area contributed by atoms with Gasteiger partial charge in [0.05, 0.1) is 23.0 Å². The average molecular weight is 526 g/mol. The summed E-state index contributed by atoms with van der Waals surface area (Å²) in [5, 5.41) is 8.93. The van der Waals surface area contributed by atoms with E-state index in [-0.39, 0.29) is 28.3 Å². The maximum atomic E-state index is 14.1. The highest BCUT2D eigenvalue weighted by Gasteiger charge is 2.51. The Labute approximate surface area is 201 Å². The third-order valence-electron chi connectivity index (χ3n) is 5.73. The summed E-state index contributed by atoms with van der Waals surface area (Å²) in [6.07, 6.45) is -16.2. The lowest BCUT2D eigenvalue weighted by atomic mass is 9.90. The maximum absolute atomic E-state index is 14.1. The minimum atomic E-state index is -5.98. The minimum absolute atomic E-state index is 0.0254. The molecule has 0 aliphatic rings. The fraction of sp³-hybridized carbons (Fsp3) is 0.120. The highest BCUT2D eigenvalue weighted by atomic mass is 19.4. The number of rotatable bonds is 2. The van der Waals surface area contributed by atoms with Crippen LogP contribution in [0, 0.1) is 0 Å². The molecule has 0 aliphatic heterocycles. The fourth-order valence-electron chi connectivity index (χ4n) is 4.26. The largest absolute Gasteiger partial charge is 0.463 e. The molecule has 5 rings (SSSR count). The van der Waals surface area contributed by atoms with Crippen molar-refractivity contribution >= 4 is 21.5 Å². The predicted molar refractivity (Wildman–Crippen MR) is 115 cm³/mol. The Hall–Kier alpha value is -4.09. The predicted octanol–water partition coefficient (Wildman–Crippen LogP) is 8.77. The van der Waals surface area contributed by atoms with Crippen molar-refractivity contribution in [1.29, 1.82) is 0 Å². The Morgan fingerprint density at radius 2 is 1.14 bits per heavy atom. The number of hydrogen-bond acceptors (Lipinski definition) is 3. The van der Waals surface area contributed by atoms with Gasteiger partial charge in [0.25, 0.3) is 0 Å². The van der Waals surface area contributed by atoms with Gasteiger partial charge in [-0.15, -0.1) is 10.2 Å². The number of nitrogens with zero attached hydrogens (tertiary/aromatic N) is 2. The van der Waals surface area contributed by atoms with E-state index in [2.05, 4.69) is 10.2 Å². The van der Waals surface area contributed by atoms with Crippen LogP contribution in [0.5, 0.6) is 0 Å². The molecule has 0 atom stereocenters. The van der Waals surface area contributed by atoms with Crippen LogP contribution in [0.15, 0.2) is 71.3 Å². The van der Waals surface area contributed by atoms with Crippen molar-refractivity contribution in [3.05, 3.63) is 83.6 Å². The topological polar surface area (TPSA) is 38.9 Å². The molecule has 3 nitrogen and oxygen atoms in total. The van der Waals surface area contributed by atoms with E-state index < -0.39 is 46.5 Å². The molecule has 0 unspecified atom stereocenters. The van der Waals surface area contributed by atoms with Crippen molar-refractivity contribution in [3.8, 4) is 22.7 Å². The van der Waals surface area contributed by atoms with Crippen molar-refractivity contribution in [2.45, 2.75) is 18.5 Å². The molecule has 0 saturated carbocycles. The molecule has 12 heteroatoms. The van der Waals surface area contributed by atoms with Gasteiger partial charge in [-0.1, -0.05) is 30.3 Å². The lowest BCUT2D eigenvalue weighted by Gasteiger charge is -2.23. The van der Waals surface area contributed by atoms with Gasteiger partial charge >= 0.3 is 18.5 Å². The third kappa shape index (κ3) is 4.25. The van der Waals surface area contributed by atoms with E-state index in [9.17, 15) is 39.5 Å². The van der Waals surface area contributed by atoms with Gasteiger partial charge in [-0.25, -0.2) is 0 Å². The average Bonchev–Trinajstić information content (AvgIpc) is 3.34. The second-order valence-electron chi connectivity index (χ2n) is 8.02. The number of hydrogen-bond donors (Lipinski definition) is 0. The van der Waals surface area contributed by atoms with Gasteiger partial charge in [-0.3, -0.25) is 0 Å². The van der Waals surface area contributed by atoms with Crippen molar-refractivity contribution in [2.24, 2.45) is 0 Å². The van der Waals surface area contributed by atoms with Crippen LogP contribution in [-0.4, -0.2) is 10.2 Å². The van der Waals surface area contributed by atoms with Gasteiger partial charge in [-0.05, 0) is 41.1 Å². The first kappa shape index (κ1) is 24.6. The Balaban J connectivity index is 1.94. The molecule has 0 radical (unpaired) electrons. The van der Waals surface area contributed by atoms with Gasteiger partial charge in [0.2, 0.25) is 0 Å². The minimum Gasteiger partial charge on any atom is -0.463 e. The quantitative estimate of drug-likeness (QED) is 0.171. The van der Waals surface area contributed by atoms with Crippen LogP contribution in [0.3, 0.4) is 0 Å². The molecular weight excluding hydrogens is 515 g/mol. The summed E-state index contributed by atoms with van der Waals surface area (Å²) in [4.78, 5) is 0. The molecule has 0 saturated heterocycles. The van der Waals surface area contributed by atoms with Crippen molar-refractivity contribution in [3.63, 3.8) is 0 Å². The maximum Gasteiger partial charge on any atom is 0.417 e. The van der Waals surface area contributed by atoms with Crippen LogP contribution in [-0.2, 0) is 18.5 Å².